The van der Waals surface area contributed by atoms with E-state index in [0.717, 1.165) is 5.56 Å². The molecular weight excluding hydrogens is 303 g/mol. The van der Waals surface area contributed by atoms with Gasteiger partial charge in [-0.25, -0.2) is 4.39 Å². The van der Waals surface area contributed by atoms with Crippen LogP contribution >= 0.6 is 0 Å². The standard InChI is InChI=1S/C20H19FN2O/c1-23(14-20(24)22-19-10-8-18(21)9-11-19)13-15-6-7-16-4-2-3-5-17(16)12-15/h2-12H,13-14H2,1H3,(H,22,24). The highest BCUT2D eigenvalue weighted by Crippen LogP contribution is 2.16. The van der Waals surface area contributed by atoms with Crippen LogP contribution in [0.5, 0.6) is 0 Å². The highest BCUT2D eigenvalue weighted by molar-refractivity contribution is 5.92. The molecule has 0 aliphatic heterocycles. The summed E-state index contributed by atoms with van der Waals surface area (Å²) in [6, 6.07) is 20.3. The molecule has 0 saturated carbocycles. The number of hydrogen-bond acceptors (Lipinski definition) is 2. The number of amides is 1. The van der Waals surface area contributed by atoms with Gasteiger partial charge in [0, 0.05) is 12.2 Å². The highest BCUT2D eigenvalue weighted by Gasteiger charge is 2.08. The van der Waals surface area contributed by atoms with E-state index < -0.39 is 0 Å². The first-order valence-electron chi connectivity index (χ1n) is 7.82. The van der Waals surface area contributed by atoms with Gasteiger partial charge in [-0.05, 0) is 53.7 Å². The van der Waals surface area contributed by atoms with E-state index in [-0.39, 0.29) is 18.3 Å². The van der Waals surface area contributed by atoms with E-state index in [1.54, 1.807) is 12.1 Å². The number of carbonyl (C=O) groups excluding carboxylic acids is 1. The first-order valence-corrected chi connectivity index (χ1v) is 7.82. The van der Waals surface area contributed by atoms with Crippen molar-refractivity contribution < 1.29 is 9.18 Å². The predicted octanol–water partition coefficient (Wildman–Crippen LogP) is 4.05. The minimum Gasteiger partial charge on any atom is -0.325 e. The molecular formula is C20H19FN2O. The van der Waals surface area contributed by atoms with Gasteiger partial charge < -0.3 is 5.32 Å². The number of halogens is 1. The molecule has 0 atom stereocenters. The van der Waals surface area contributed by atoms with Gasteiger partial charge in [0.05, 0.1) is 6.54 Å². The molecule has 3 aromatic rings. The Kier molecular flexibility index (Phi) is 4.87. The first kappa shape index (κ1) is 16.1. The molecule has 4 heteroatoms. The maximum absolute atomic E-state index is 12.9. The number of carbonyl (C=O) groups is 1. The zero-order valence-electron chi connectivity index (χ0n) is 13.5. The fourth-order valence-electron chi connectivity index (χ4n) is 2.68. The van der Waals surface area contributed by atoms with Gasteiger partial charge >= 0.3 is 0 Å². The van der Waals surface area contributed by atoms with Crippen molar-refractivity contribution in [2.75, 3.05) is 18.9 Å². The van der Waals surface area contributed by atoms with Crippen LogP contribution < -0.4 is 5.32 Å². The highest BCUT2D eigenvalue weighted by atomic mass is 19.1. The van der Waals surface area contributed by atoms with Crippen molar-refractivity contribution in [2.45, 2.75) is 6.54 Å². The van der Waals surface area contributed by atoms with E-state index in [1.807, 2.05) is 24.1 Å². The van der Waals surface area contributed by atoms with Crippen molar-refractivity contribution in [3.63, 3.8) is 0 Å². The Hall–Kier alpha value is -2.72. The molecule has 0 fully saturated rings. The SMILES string of the molecule is CN(CC(=O)Nc1ccc(F)cc1)Cc1ccc2ccccc2c1. The number of fused-ring (bicyclic) bond motifs is 1. The van der Waals surface area contributed by atoms with Gasteiger partial charge in [-0.3, -0.25) is 9.69 Å². The lowest BCUT2D eigenvalue weighted by atomic mass is 10.1. The molecule has 122 valence electrons. The second-order valence-corrected chi connectivity index (χ2v) is 5.91. The number of hydrogen-bond donors (Lipinski definition) is 1. The van der Waals surface area contributed by atoms with E-state index in [2.05, 4.69) is 35.6 Å². The molecule has 0 unspecified atom stereocenters. The normalized spacial score (nSPS) is 11.0. The molecule has 0 bridgehead atoms. The minimum atomic E-state index is -0.318. The van der Waals surface area contributed by atoms with Gasteiger partial charge in [0.2, 0.25) is 5.91 Å². The zero-order valence-corrected chi connectivity index (χ0v) is 13.5. The van der Waals surface area contributed by atoms with Gasteiger partial charge in [-0.1, -0.05) is 36.4 Å². The zero-order chi connectivity index (χ0) is 16.9. The summed E-state index contributed by atoms with van der Waals surface area (Å²) < 4.78 is 12.9. The average Bonchev–Trinajstić information content (AvgIpc) is 2.56. The number of anilines is 1. The van der Waals surface area contributed by atoms with Gasteiger partial charge in [-0.2, -0.15) is 0 Å². The van der Waals surface area contributed by atoms with Crippen LogP contribution in [-0.2, 0) is 11.3 Å². The van der Waals surface area contributed by atoms with Crippen molar-refractivity contribution >= 4 is 22.4 Å². The Morgan fingerprint density at radius 2 is 1.71 bits per heavy atom. The van der Waals surface area contributed by atoms with Crippen LogP contribution in [0, 0.1) is 5.82 Å². The molecule has 24 heavy (non-hydrogen) atoms. The summed E-state index contributed by atoms with van der Waals surface area (Å²) in [4.78, 5) is 14.0. The van der Waals surface area contributed by atoms with Crippen molar-refractivity contribution in [2.24, 2.45) is 0 Å². The second-order valence-electron chi connectivity index (χ2n) is 5.91. The second kappa shape index (κ2) is 7.23. The Morgan fingerprint density at radius 3 is 2.46 bits per heavy atom. The van der Waals surface area contributed by atoms with Crippen molar-refractivity contribution in [1.29, 1.82) is 0 Å². The number of likely N-dealkylation sites (N-methyl/N-ethyl adjacent to an activating group) is 1. The summed E-state index contributed by atoms with van der Waals surface area (Å²) in [6.07, 6.45) is 0. The van der Waals surface area contributed by atoms with Gasteiger partial charge in [0.1, 0.15) is 5.82 Å². The number of nitrogens with one attached hydrogen (secondary N) is 1. The number of nitrogens with zero attached hydrogens (tertiary/aromatic N) is 1. The third-order valence-corrected chi connectivity index (χ3v) is 3.81. The van der Waals surface area contributed by atoms with Crippen LogP contribution in [0.4, 0.5) is 10.1 Å². The fraction of sp³-hybridized carbons (Fsp3) is 0.150. The predicted molar refractivity (Wildman–Crippen MR) is 95.3 cm³/mol. The molecule has 3 rings (SSSR count). The summed E-state index contributed by atoms with van der Waals surface area (Å²) in [5, 5.41) is 5.17. The van der Waals surface area contributed by atoms with Crippen molar-refractivity contribution in [3.8, 4) is 0 Å². The van der Waals surface area contributed by atoms with Crippen LogP contribution in [0.15, 0.2) is 66.7 Å². The monoisotopic (exact) mass is 322 g/mol. The molecule has 0 aliphatic carbocycles. The van der Waals surface area contributed by atoms with Gasteiger partial charge in [0.25, 0.3) is 0 Å². The molecule has 0 saturated heterocycles. The molecule has 1 amide bonds. The summed E-state index contributed by atoms with van der Waals surface area (Å²) in [7, 11) is 1.90. The minimum absolute atomic E-state index is 0.120. The lowest BCUT2D eigenvalue weighted by Gasteiger charge is -2.16. The number of benzene rings is 3. The van der Waals surface area contributed by atoms with Crippen LogP contribution in [0.1, 0.15) is 5.56 Å². The Morgan fingerprint density at radius 1 is 1.00 bits per heavy atom. The van der Waals surface area contributed by atoms with E-state index >= 15 is 0 Å². The Balaban J connectivity index is 1.58. The van der Waals surface area contributed by atoms with Crippen molar-refractivity contribution in [1.82, 2.24) is 4.90 Å². The molecule has 0 aromatic heterocycles. The number of rotatable bonds is 5. The molecule has 0 radical (unpaired) electrons. The summed E-state index contributed by atoms with van der Waals surface area (Å²) in [5.74, 6) is -0.439. The third kappa shape index (κ3) is 4.18. The molecule has 3 nitrogen and oxygen atoms in total. The molecule has 0 heterocycles. The quantitative estimate of drug-likeness (QED) is 0.768. The van der Waals surface area contributed by atoms with E-state index in [0.29, 0.717) is 12.2 Å². The van der Waals surface area contributed by atoms with Crippen LogP contribution in [0.2, 0.25) is 0 Å². The van der Waals surface area contributed by atoms with Gasteiger partial charge in [0.15, 0.2) is 0 Å². The maximum Gasteiger partial charge on any atom is 0.238 e. The lowest BCUT2D eigenvalue weighted by Crippen LogP contribution is -2.29. The molecule has 1 N–H and O–H groups in total. The van der Waals surface area contributed by atoms with E-state index in [9.17, 15) is 9.18 Å². The van der Waals surface area contributed by atoms with E-state index in [1.165, 1.54) is 22.9 Å². The largest absolute Gasteiger partial charge is 0.325 e. The third-order valence-electron chi connectivity index (χ3n) is 3.81. The lowest BCUT2D eigenvalue weighted by molar-refractivity contribution is -0.117. The Bertz CT molecular complexity index is 846. The smallest absolute Gasteiger partial charge is 0.238 e. The average molecular weight is 322 g/mol. The summed E-state index contributed by atoms with van der Waals surface area (Å²) >= 11 is 0. The molecule has 3 aromatic carbocycles. The van der Waals surface area contributed by atoms with Gasteiger partial charge in [-0.15, -0.1) is 0 Å². The fourth-order valence-corrected chi connectivity index (χ4v) is 2.68. The molecule has 0 spiro atoms. The summed E-state index contributed by atoms with van der Waals surface area (Å²) in [5.41, 5.74) is 1.76. The van der Waals surface area contributed by atoms with Crippen molar-refractivity contribution in [3.05, 3.63) is 78.1 Å². The topological polar surface area (TPSA) is 32.3 Å². The van der Waals surface area contributed by atoms with Crippen LogP contribution in [-0.4, -0.2) is 24.4 Å². The maximum atomic E-state index is 12.9. The molecule has 0 aliphatic rings. The first-order chi connectivity index (χ1) is 11.6. The summed E-state index contributed by atoms with van der Waals surface area (Å²) in [6.45, 7) is 0.950. The van der Waals surface area contributed by atoms with Crippen LogP contribution in [0.3, 0.4) is 0 Å². The van der Waals surface area contributed by atoms with Crippen LogP contribution in [0.25, 0.3) is 10.8 Å². The Labute approximate surface area is 140 Å². The van der Waals surface area contributed by atoms with E-state index in [4.69, 9.17) is 0 Å².